The summed E-state index contributed by atoms with van der Waals surface area (Å²) in [6, 6.07) is 8.07. The summed E-state index contributed by atoms with van der Waals surface area (Å²) in [5.41, 5.74) is 1.96. The van der Waals surface area contributed by atoms with E-state index < -0.39 is 6.10 Å². The first-order valence-corrected chi connectivity index (χ1v) is 6.49. The molecule has 0 aliphatic rings. The standard InChI is InChI=1S/C14H18ClNO/c1-3-4-9-16-12-8-6-5-7-11(12)13(10(2)17)14(16)15/h5-8,10,17H,3-4,9H2,1-2H3. The van der Waals surface area contributed by atoms with Crippen molar-refractivity contribution in [2.24, 2.45) is 0 Å². The molecular weight excluding hydrogens is 234 g/mol. The lowest BCUT2D eigenvalue weighted by Crippen LogP contribution is -1.98. The van der Waals surface area contributed by atoms with Gasteiger partial charge in [-0.3, -0.25) is 0 Å². The molecule has 17 heavy (non-hydrogen) atoms. The lowest BCUT2D eigenvalue weighted by Gasteiger charge is -2.06. The number of fused-ring (bicyclic) bond motifs is 1. The van der Waals surface area contributed by atoms with Crippen molar-refractivity contribution in [2.45, 2.75) is 39.3 Å². The fraction of sp³-hybridized carbons (Fsp3) is 0.429. The molecule has 1 aromatic carbocycles. The van der Waals surface area contributed by atoms with E-state index in [4.69, 9.17) is 11.6 Å². The van der Waals surface area contributed by atoms with Gasteiger partial charge in [0.25, 0.3) is 0 Å². The zero-order chi connectivity index (χ0) is 12.4. The van der Waals surface area contributed by atoms with Crippen molar-refractivity contribution in [3.05, 3.63) is 35.0 Å². The first-order valence-electron chi connectivity index (χ1n) is 6.11. The highest BCUT2D eigenvalue weighted by Crippen LogP contribution is 2.34. The Labute approximate surface area is 107 Å². The molecule has 3 heteroatoms. The van der Waals surface area contributed by atoms with E-state index >= 15 is 0 Å². The summed E-state index contributed by atoms with van der Waals surface area (Å²) in [4.78, 5) is 0. The predicted octanol–water partition coefficient (Wildman–Crippen LogP) is 4.15. The van der Waals surface area contributed by atoms with E-state index in [1.54, 1.807) is 6.92 Å². The minimum atomic E-state index is -0.532. The number of halogens is 1. The van der Waals surface area contributed by atoms with Crippen LogP contribution in [0.15, 0.2) is 24.3 Å². The summed E-state index contributed by atoms with van der Waals surface area (Å²) in [5.74, 6) is 0. The van der Waals surface area contributed by atoms with E-state index in [9.17, 15) is 5.11 Å². The molecule has 0 fully saturated rings. The second-order valence-electron chi connectivity index (χ2n) is 4.40. The molecule has 0 saturated heterocycles. The van der Waals surface area contributed by atoms with Crippen molar-refractivity contribution in [3.63, 3.8) is 0 Å². The van der Waals surface area contributed by atoms with Gasteiger partial charge in [0.15, 0.2) is 0 Å². The number of hydrogen-bond donors (Lipinski definition) is 1. The number of benzene rings is 1. The molecule has 0 saturated carbocycles. The number of aliphatic hydroxyl groups excluding tert-OH is 1. The van der Waals surface area contributed by atoms with Crippen molar-refractivity contribution >= 4 is 22.5 Å². The van der Waals surface area contributed by atoms with Crippen LogP contribution >= 0.6 is 11.6 Å². The Bertz CT molecular complexity index is 516. The Balaban J connectivity index is 2.62. The summed E-state index contributed by atoms with van der Waals surface area (Å²) in [5, 5.41) is 11.6. The molecule has 0 amide bonds. The summed E-state index contributed by atoms with van der Waals surface area (Å²) >= 11 is 6.39. The molecule has 1 heterocycles. The number of aryl methyl sites for hydroxylation is 1. The molecule has 1 N–H and O–H groups in total. The van der Waals surface area contributed by atoms with Gasteiger partial charge < -0.3 is 9.67 Å². The Morgan fingerprint density at radius 3 is 2.71 bits per heavy atom. The molecule has 1 unspecified atom stereocenters. The first-order chi connectivity index (χ1) is 8.16. The summed E-state index contributed by atoms with van der Waals surface area (Å²) in [6.07, 6.45) is 1.69. The highest BCUT2D eigenvalue weighted by molar-refractivity contribution is 6.32. The Hall–Kier alpha value is -0.990. The summed E-state index contributed by atoms with van der Waals surface area (Å²) in [7, 11) is 0. The highest BCUT2D eigenvalue weighted by Gasteiger charge is 2.18. The lowest BCUT2D eigenvalue weighted by molar-refractivity contribution is 0.200. The molecule has 0 bridgehead atoms. The topological polar surface area (TPSA) is 25.2 Å². The maximum absolute atomic E-state index is 9.84. The minimum Gasteiger partial charge on any atom is -0.389 e. The normalized spacial score (nSPS) is 13.2. The third-order valence-corrected chi connectivity index (χ3v) is 3.50. The predicted molar refractivity (Wildman–Crippen MR) is 72.5 cm³/mol. The van der Waals surface area contributed by atoms with Crippen LogP contribution in [0.25, 0.3) is 10.9 Å². The van der Waals surface area contributed by atoms with Gasteiger partial charge in [0.1, 0.15) is 5.15 Å². The van der Waals surface area contributed by atoms with Crippen LogP contribution in [0.4, 0.5) is 0 Å². The number of unbranched alkanes of at least 4 members (excludes halogenated alkanes) is 1. The van der Waals surface area contributed by atoms with Gasteiger partial charge in [-0.15, -0.1) is 0 Å². The Kier molecular flexibility index (Phi) is 3.75. The molecule has 1 atom stereocenters. The number of rotatable bonds is 4. The van der Waals surface area contributed by atoms with Crippen LogP contribution in [-0.4, -0.2) is 9.67 Å². The largest absolute Gasteiger partial charge is 0.389 e. The van der Waals surface area contributed by atoms with Crippen molar-refractivity contribution in [3.8, 4) is 0 Å². The molecule has 0 radical (unpaired) electrons. The number of para-hydroxylation sites is 1. The SMILES string of the molecule is CCCCn1c(Cl)c(C(C)O)c2ccccc21. The molecule has 0 aliphatic carbocycles. The van der Waals surface area contributed by atoms with E-state index in [1.165, 1.54) is 0 Å². The fourth-order valence-electron chi connectivity index (χ4n) is 2.23. The molecule has 2 aromatic rings. The number of nitrogens with zero attached hydrogens (tertiary/aromatic N) is 1. The van der Waals surface area contributed by atoms with Gasteiger partial charge in [-0.1, -0.05) is 43.1 Å². The highest BCUT2D eigenvalue weighted by atomic mass is 35.5. The average Bonchev–Trinajstić information content (AvgIpc) is 2.58. The van der Waals surface area contributed by atoms with Crippen LogP contribution < -0.4 is 0 Å². The Morgan fingerprint density at radius 2 is 2.06 bits per heavy atom. The third-order valence-electron chi connectivity index (χ3n) is 3.10. The van der Waals surface area contributed by atoms with Crippen LogP contribution in [-0.2, 0) is 6.54 Å². The number of aliphatic hydroxyl groups is 1. The number of aromatic nitrogens is 1. The molecule has 0 aliphatic heterocycles. The second-order valence-corrected chi connectivity index (χ2v) is 4.76. The molecule has 1 aromatic heterocycles. The van der Waals surface area contributed by atoms with Crippen molar-refractivity contribution in [2.75, 3.05) is 0 Å². The average molecular weight is 252 g/mol. The maximum Gasteiger partial charge on any atom is 0.115 e. The third kappa shape index (κ3) is 2.20. The van der Waals surface area contributed by atoms with Gasteiger partial charge in [-0.2, -0.15) is 0 Å². The maximum atomic E-state index is 9.84. The van der Waals surface area contributed by atoms with Gasteiger partial charge >= 0.3 is 0 Å². The monoisotopic (exact) mass is 251 g/mol. The minimum absolute atomic E-state index is 0.532. The van der Waals surface area contributed by atoms with Crippen LogP contribution in [0.5, 0.6) is 0 Å². The van der Waals surface area contributed by atoms with E-state index in [0.29, 0.717) is 5.15 Å². The van der Waals surface area contributed by atoms with Gasteiger partial charge in [-0.25, -0.2) is 0 Å². The quantitative estimate of drug-likeness (QED) is 0.868. The van der Waals surface area contributed by atoms with Crippen LogP contribution in [0, 0.1) is 0 Å². The Morgan fingerprint density at radius 1 is 1.35 bits per heavy atom. The molecule has 0 spiro atoms. The van der Waals surface area contributed by atoms with E-state index in [-0.39, 0.29) is 0 Å². The van der Waals surface area contributed by atoms with Gasteiger partial charge in [-0.05, 0) is 19.4 Å². The van der Waals surface area contributed by atoms with Crippen LogP contribution in [0.1, 0.15) is 38.4 Å². The van der Waals surface area contributed by atoms with Crippen LogP contribution in [0.3, 0.4) is 0 Å². The van der Waals surface area contributed by atoms with Crippen molar-refractivity contribution in [1.29, 1.82) is 0 Å². The zero-order valence-electron chi connectivity index (χ0n) is 10.3. The zero-order valence-corrected chi connectivity index (χ0v) is 11.0. The molecule has 2 nitrogen and oxygen atoms in total. The first kappa shape index (κ1) is 12.5. The van der Waals surface area contributed by atoms with Crippen molar-refractivity contribution in [1.82, 2.24) is 4.57 Å². The molecule has 2 rings (SSSR count). The molecule has 92 valence electrons. The van der Waals surface area contributed by atoms with E-state index in [1.807, 2.05) is 18.2 Å². The van der Waals surface area contributed by atoms with Gasteiger partial charge in [0.05, 0.1) is 6.10 Å². The van der Waals surface area contributed by atoms with Crippen LogP contribution in [0.2, 0.25) is 5.15 Å². The summed E-state index contributed by atoms with van der Waals surface area (Å²) in [6.45, 7) is 4.83. The summed E-state index contributed by atoms with van der Waals surface area (Å²) < 4.78 is 2.10. The van der Waals surface area contributed by atoms with Crippen molar-refractivity contribution < 1.29 is 5.11 Å². The fourth-order valence-corrected chi connectivity index (χ4v) is 2.67. The van der Waals surface area contributed by atoms with E-state index in [2.05, 4.69) is 17.6 Å². The second kappa shape index (κ2) is 5.11. The smallest absolute Gasteiger partial charge is 0.115 e. The lowest BCUT2D eigenvalue weighted by atomic mass is 10.1. The van der Waals surface area contributed by atoms with E-state index in [0.717, 1.165) is 35.9 Å². The van der Waals surface area contributed by atoms with Gasteiger partial charge in [0.2, 0.25) is 0 Å². The van der Waals surface area contributed by atoms with Gasteiger partial charge in [0, 0.05) is 23.0 Å². The number of hydrogen-bond acceptors (Lipinski definition) is 1. The molecular formula is C14H18ClNO.